The molecule has 1 aromatic carbocycles. The van der Waals surface area contributed by atoms with Gasteiger partial charge in [-0.05, 0) is 36.5 Å². The lowest BCUT2D eigenvalue weighted by Gasteiger charge is -2.29. The molecule has 20 heavy (non-hydrogen) atoms. The summed E-state index contributed by atoms with van der Waals surface area (Å²) in [5, 5.41) is 11.7. The van der Waals surface area contributed by atoms with Crippen LogP contribution in [0.4, 0.5) is 0 Å². The highest BCUT2D eigenvalue weighted by atomic mass is 35.5. The van der Waals surface area contributed by atoms with Crippen LogP contribution >= 0.6 is 23.2 Å². The number of rotatable bonds is 8. The monoisotopic (exact) mass is 317 g/mol. The maximum Gasteiger partial charge on any atom is 0.0648 e. The van der Waals surface area contributed by atoms with E-state index in [1.165, 1.54) is 0 Å². The Hall–Kier alpha value is -0.280. The second kappa shape index (κ2) is 8.89. The lowest BCUT2D eigenvalue weighted by molar-refractivity contribution is 0.0722. The van der Waals surface area contributed by atoms with E-state index in [0.29, 0.717) is 16.6 Å². The van der Waals surface area contributed by atoms with Crippen LogP contribution in [-0.2, 0) is 0 Å². The van der Waals surface area contributed by atoms with Gasteiger partial charge in [-0.15, -0.1) is 0 Å². The first-order chi connectivity index (χ1) is 9.54. The predicted octanol–water partition coefficient (Wildman–Crippen LogP) is 4.61. The Morgan fingerprint density at radius 3 is 2.15 bits per heavy atom. The Kier molecular flexibility index (Phi) is 7.90. The van der Waals surface area contributed by atoms with E-state index in [1.807, 2.05) is 12.1 Å². The minimum atomic E-state index is -0.433. The first-order valence-electron chi connectivity index (χ1n) is 7.38. The molecule has 0 saturated heterocycles. The van der Waals surface area contributed by atoms with Gasteiger partial charge in [-0.1, -0.05) is 56.0 Å². The van der Waals surface area contributed by atoms with Gasteiger partial charge in [0.1, 0.15) is 0 Å². The van der Waals surface area contributed by atoms with Crippen molar-refractivity contribution in [1.82, 2.24) is 0 Å². The number of aliphatic hydroxyl groups is 1. The number of halogens is 2. The van der Waals surface area contributed by atoms with Crippen molar-refractivity contribution in [2.75, 3.05) is 6.54 Å². The van der Waals surface area contributed by atoms with E-state index >= 15 is 0 Å². The number of aliphatic hydroxyl groups excluding tert-OH is 1. The lowest BCUT2D eigenvalue weighted by Crippen LogP contribution is -2.32. The summed E-state index contributed by atoms with van der Waals surface area (Å²) in [6.07, 6.45) is 3.75. The van der Waals surface area contributed by atoms with Gasteiger partial charge in [-0.25, -0.2) is 0 Å². The van der Waals surface area contributed by atoms with Crippen molar-refractivity contribution in [3.8, 4) is 0 Å². The third-order valence-corrected chi connectivity index (χ3v) is 4.58. The Balaban J connectivity index is 2.94. The fraction of sp³-hybridized carbons (Fsp3) is 0.625. The van der Waals surface area contributed by atoms with Crippen LogP contribution in [0.3, 0.4) is 0 Å². The van der Waals surface area contributed by atoms with Crippen LogP contribution in [0.25, 0.3) is 0 Å². The van der Waals surface area contributed by atoms with Crippen molar-refractivity contribution in [1.29, 1.82) is 0 Å². The summed E-state index contributed by atoms with van der Waals surface area (Å²) in [5.41, 5.74) is 6.85. The SMILES string of the molecule is CCCC(CCC)C(O)C(CN)c1ccc(Cl)c(Cl)c1. The average Bonchev–Trinajstić information content (AvgIpc) is 2.43. The minimum absolute atomic E-state index is 0.0899. The summed E-state index contributed by atoms with van der Waals surface area (Å²) in [6, 6.07) is 5.49. The molecule has 0 bridgehead atoms. The molecule has 0 fully saturated rings. The normalized spacial score (nSPS) is 14.6. The van der Waals surface area contributed by atoms with E-state index in [2.05, 4.69) is 13.8 Å². The molecule has 4 heteroatoms. The van der Waals surface area contributed by atoms with Crippen molar-refractivity contribution in [3.63, 3.8) is 0 Å². The molecule has 0 aromatic heterocycles. The summed E-state index contributed by atoms with van der Waals surface area (Å²) in [6.45, 7) is 4.70. The minimum Gasteiger partial charge on any atom is -0.392 e. The molecule has 114 valence electrons. The molecule has 0 aliphatic rings. The molecule has 0 aliphatic carbocycles. The summed E-state index contributed by atoms with van der Waals surface area (Å²) in [4.78, 5) is 0. The molecule has 2 nitrogen and oxygen atoms in total. The number of nitrogens with two attached hydrogens (primary N) is 1. The number of hydrogen-bond acceptors (Lipinski definition) is 2. The van der Waals surface area contributed by atoms with Gasteiger partial charge < -0.3 is 10.8 Å². The average molecular weight is 318 g/mol. The first-order valence-corrected chi connectivity index (χ1v) is 8.13. The molecule has 0 radical (unpaired) electrons. The van der Waals surface area contributed by atoms with E-state index in [1.54, 1.807) is 6.07 Å². The Bertz CT molecular complexity index is 405. The van der Waals surface area contributed by atoms with Gasteiger partial charge in [0, 0.05) is 12.5 Å². The van der Waals surface area contributed by atoms with Crippen molar-refractivity contribution in [2.45, 2.75) is 51.6 Å². The van der Waals surface area contributed by atoms with Gasteiger partial charge in [0.05, 0.1) is 16.1 Å². The van der Waals surface area contributed by atoms with Crippen LogP contribution in [-0.4, -0.2) is 17.8 Å². The molecule has 1 aromatic rings. The molecule has 0 aliphatic heterocycles. The maximum atomic E-state index is 10.7. The highest BCUT2D eigenvalue weighted by Gasteiger charge is 2.27. The molecular weight excluding hydrogens is 293 g/mol. The van der Waals surface area contributed by atoms with Gasteiger partial charge in [0.2, 0.25) is 0 Å². The van der Waals surface area contributed by atoms with Crippen molar-refractivity contribution < 1.29 is 5.11 Å². The third kappa shape index (κ3) is 4.63. The third-order valence-electron chi connectivity index (χ3n) is 3.84. The van der Waals surface area contributed by atoms with E-state index < -0.39 is 6.10 Å². The van der Waals surface area contributed by atoms with Crippen LogP contribution in [0, 0.1) is 5.92 Å². The fourth-order valence-corrected chi connectivity index (χ4v) is 3.08. The first kappa shape index (κ1) is 17.8. The summed E-state index contributed by atoms with van der Waals surface area (Å²) < 4.78 is 0. The van der Waals surface area contributed by atoms with E-state index in [4.69, 9.17) is 28.9 Å². The molecule has 0 heterocycles. The van der Waals surface area contributed by atoms with Gasteiger partial charge in [0.25, 0.3) is 0 Å². The van der Waals surface area contributed by atoms with Crippen LogP contribution in [0.2, 0.25) is 10.0 Å². The molecule has 0 spiro atoms. The molecule has 2 unspecified atom stereocenters. The second-order valence-electron chi connectivity index (χ2n) is 5.34. The Morgan fingerprint density at radius 2 is 1.70 bits per heavy atom. The van der Waals surface area contributed by atoms with Crippen LogP contribution in [0.15, 0.2) is 18.2 Å². The molecule has 2 atom stereocenters. The Labute approximate surface area is 132 Å². The zero-order chi connectivity index (χ0) is 15.1. The van der Waals surface area contributed by atoms with Crippen molar-refractivity contribution in [3.05, 3.63) is 33.8 Å². The molecule has 0 saturated carbocycles. The maximum absolute atomic E-state index is 10.7. The van der Waals surface area contributed by atoms with Gasteiger partial charge in [-0.3, -0.25) is 0 Å². The number of hydrogen-bond donors (Lipinski definition) is 2. The van der Waals surface area contributed by atoms with Crippen LogP contribution < -0.4 is 5.73 Å². The zero-order valence-electron chi connectivity index (χ0n) is 12.3. The van der Waals surface area contributed by atoms with Crippen LogP contribution in [0.1, 0.15) is 51.0 Å². The fourth-order valence-electron chi connectivity index (χ4n) is 2.77. The van der Waals surface area contributed by atoms with E-state index in [-0.39, 0.29) is 11.8 Å². The molecular formula is C16H25Cl2NO. The highest BCUT2D eigenvalue weighted by molar-refractivity contribution is 6.42. The smallest absolute Gasteiger partial charge is 0.0648 e. The van der Waals surface area contributed by atoms with E-state index in [9.17, 15) is 5.11 Å². The largest absolute Gasteiger partial charge is 0.392 e. The highest BCUT2D eigenvalue weighted by Crippen LogP contribution is 2.32. The van der Waals surface area contributed by atoms with Crippen molar-refractivity contribution in [2.24, 2.45) is 11.7 Å². The number of benzene rings is 1. The van der Waals surface area contributed by atoms with Gasteiger partial charge in [0.15, 0.2) is 0 Å². The summed E-state index contributed by atoms with van der Waals surface area (Å²) in [7, 11) is 0. The van der Waals surface area contributed by atoms with Gasteiger partial charge >= 0.3 is 0 Å². The lowest BCUT2D eigenvalue weighted by atomic mass is 9.81. The summed E-state index contributed by atoms with van der Waals surface area (Å²) >= 11 is 12.0. The van der Waals surface area contributed by atoms with E-state index in [0.717, 1.165) is 31.2 Å². The van der Waals surface area contributed by atoms with Crippen molar-refractivity contribution >= 4 is 23.2 Å². The Morgan fingerprint density at radius 1 is 1.10 bits per heavy atom. The van der Waals surface area contributed by atoms with Gasteiger partial charge in [-0.2, -0.15) is 0 Å². The zero-order valence-corrected chi connectivity index (χ0v) is 13.8. The van der Waals surface area contributed by atoms with Crippen LogP contribution in [0.5, 0.6) is 0 Å². The standard InChI is InChI=1S/C16H25Cl2NO/c1-3-5-11(6-4-2)16(20)13(10-19)12-7-8-14(17)15(18)9-12/h7-9,11,13,16,20H,3-6,10,19H2,1-2H3. The summed E-state index contributed by atoms with van der Waals surface area (Å²) in [5.74, 6) is 0.195. The quantitative estimate of drug-likeness (QED) is 0.735. The second-order valence-corrected chi connectivity index (χ2v) is 6.16. The molecule has 0 amide bonds. The molecule has 3 N–H and O–H groups in total. The topological polar surface area (TPSA) is 46.2 Å². The predicted molar refractivity (Wildman–Crippen MR) is 87.6 cm³/mol. The molecule has 1 rings (SSSR count).